The minimum Gasteiger partial charge on any atom is -0.348 e. The van der Waals surface area contributed by atoms with Gasteiger partial charge in [-0.2, -0.15) is 0 Å². The van der Waals surface area contributed by atoms with Crippen LogP contribution >= 0.6 is 11.3 Å². The van der Waals surface area contributed by atoms with Crippen molar-refractivity contribution in [2.45, 2.75) is 46.2 Å². The lowest BCUT2D eigenvalue weighted by Crippen LogP contribution is -2.41. The fourth-order valence-electron chi connectivity index (χ4n) is 3.86. The van der Waals surface area contributed by atoms with Gasteiger partial charge in [-0.15, -0.1) is 0 Å². The van der Waals surface area contributed by atoms with Crippen molar-refractivity contribution in [1.82, 2.24) is 14.1 Å². The molecule has 1 fully saturated rings. The zero-order valence-corrected chi connectivity index (χ0v) is 19.0. The maximum absolute atomic E-state index is 13.9. The normalized spacial score (nSPS) is 14.8. The molecule has 0 spiro atoms. The molecule has 1 saturated heterocycles. The van der Waals surface area contributed by atoms with Crippen molar-refractivity contribution in [2.75, 3.05) is 23.3 Å². The third-order valence-corrected chi connectivity index (χ3v) is 6.80. The first-order chi connectivity index (χ1) is 15.4. The molecule has 1 aliphatic heterocycles. The van der Waals surface area contributed by atoms with E-state index in [2.05, 4.69) is 22.1 Å². The molecular weight excluding hydrogens is 433 g/mol. The second-order valence-corrected chi connectivity index (χ2v) is 9.15. The molecule has 4 rings (SSSR count). The number of amides is 1. The number of fused-ring (bicyclic) bond motifs is 1. The van der Waals surface area contributed by atoms with E-state index in [0.717, 1.165) is 30.5 Å². The molecule has 1 aliphatic rings. The van der Waals surface area contributed by atoms with Crippen molar-refractivity contribution in [3.8, 4) is 0 Å². The predicted octanol–water partition coefficient (Wildman–Crippen LogP) is 3.04. The van der Waals surface area contributed by atoms with Gasteiger partial charge < -0.3 is 10.2 Å². The molecule has 1 amide bonds. The van der Waals surface area contributed by atoms with Gasteiger partial charge in [0, 0.05) is 19.6 Å². The average Bonchev–Trinajstić information content (AvgIpc) is 3.22. The summed E-state index contributed by atoms with van der Waals surface area (Å²) in [6.07, 6.45) is 2.67. The van der Waals surface area contributed by atoms with Crippen molar-refractivity contribution in [3.63, 3.8) is 0 Å². The summed E-state index contributed by atoms with van der Waals surface area (Å²) in [6, 6.07) is 5.82. The maximum Gasteiger partial charge on any atom is 0.333 e. The Balaban J connectivity index is 1.74. The predicted molar refractivity (Wildman–Crippen MR) is 124 cm³/mol. The molecule has 1 aromatic carbocycles. The number of carbonyl (C=O) groups is 1. The van der Waals surface area contributed by atoms with Crippen LogP contribution in [0.4, 0.5) is 15.2 Å². The van der Waals surface area contributed by atoms with E-state index in [4.69, 9.17) is 0 Å². The first kappa shape index (κ1) is 22.2. The monoisotopic (exact) mass is 459 g/mol. The van der Waals surface area contributed by atoms with Crippen LogP contribution in [-0.2, 0) is 17.9 Å². The molecule has 8 nitrogen and oxygen atoms in total. The van der Waals surface area contributed by atoms with Crippen LogP contribution in [0.3, 0.4) is 0 Å². The third-order valence-electron chi connectivity index (χ3n) is 5.71. The van der Waals surface area contributed by atoms with Crippen LogP contribution in [0.2, 0.25) is 0 Å². The molecule has 3 heterocycles. The fraction of sp³-hybridized carbons (Fsp3) is 0.455. The van der Waals surface area contributed by atoms with Crippen LogP contribution in [0.1, 0.15) is 33.1 Å². The van der Waals surface area contributed by atoms with Gasteiger partial charge >= 0.3 is 5.69 Å². The molecule has 170 valence electrons. The lowest BCUT2D eigenvalue weighted by atomic mass is 10.00. The van der Waals surface area contributed by atoms with Gasteiger partial charge in [-0.1, -0.05) is 37.3 Å². The number of piperidine rings is 1. The summed E-state index contributed by atoms with van der Waals surface area (Å²) in [7, 11) is 0. The van der Waals surface area contributed by atoms with Gasteiger partial charge in [0.05, 0.1) is 5.69 Å². The summed E-state index contributed by atoms with van der Waals surface area (Å²) >= 11 is 1.26. The van der Waals surface area contributed by atoms with E-state index < -0.39 is 17.4 Å². The Kier molecular flexibility index (Phi) is 6.40. The number of benzene rings is 1. The van der Waals surface area contributed by atoms with E-state index in [1.807, 2.05) is 6.92 Å². The van der Waals surface area contributed by atoms with Gasteiger partial charge in [0.25, 0.3) is 5.56 Å². The Bertz CT molecular complexity index is 1260. The van der Waals surface area contributed by atoms with Gasteiger partial charge in [0.15, 0.2) is 10.8 Å². The lowest BCUT2D eigenvalue weighted by molar-refractivity contribution is -0.116. The highest BCUT2D eigenvalue weighted by molar-refractivity contribution is 7.22. The van der Waals surface area contributed by atoms with Crippen LogP contribution in [0.5, 0.6) is 0 Å². The van der Waals surface area contributed by atoms with E-state index in [-0.39, 0.29) is 30.0 Å². The van der Waals surface area contributed by atoms with Crippen LogP contribution in [0.15, 0.2) is 33.9 Å². The van der Waals surface area contributed by atoms with Gasteiger partial charge in [-0.3, -0.25) is 18.7 Å². The average molecular weight is 460 g/mol. The van der Waals surface area contributed by atoms with Crippen LogP contribution < -0.4 is 21.5 Å². The Morgan fingerprint density at radius 2 is 1.94 bits per heavy atom. The minimum atomic E-state index is -0.586. The molecule has 10 heteroatoms. The fourth-order valence-corrected chi connectivity index (χ4v) is 4.93. The second kappa shape index (κ2) is 9.23. The highest BCUT2D eigenvalue weighted by Crippen LogP contribution is 2.29. The highest BCUT2D eigenvalue weighted by Gasteiger charge is 2.24. The summed E-state index contributed by atoms with van der Waals surface area (Å²) in [5, 5.41) is 3.18. The molecule has 0 atom stereocenters. The highest BCUT2D eigenvalue weighted by atomic mass is 32.1. The molecule has 1 N–H and O–H groups in total. The molecule has 0 saturated carbocycles. The summed E-state index contributed by atoms with van der Waals surface area (Å²) in [6.45, 7) is 5.64. The van der Waals surface area contributed by atoms with Crippen molar-refractivity contribution in [1.29, 1.82) is 0 Å². The van der Waals surface area contributed by atoms with Crippen molar-refractivity contribution < 1.29 is 9.18 Å². The topological polar surface area (TPSA) is 89.2 Å². The Morgan fingerprint density at radius 3 is 2.62 bits per heavy atom. The van der Waals surface area contributed by atoms with E-state index in [1.165, 1.54) is 34.1 Å². The van der Waals surface area contributed by atoms with Crippen LogP contribution in [-0.4, -0.2) is 33.1 Å². The van der Waals surface area contributed by atoms with E-state index in [1.54, 1.807) is 6.07 Å². The largest absolute Gasteiger partial charge is 0.348 e. The summed E-state index contributed by atoms with van der Waals surface area (Å²) < 4.78 is 16.7. The smallest absolute Gasteiger partial charge is 0.333 e. The van der Waals surface area contributed by atoms with Crippen molar-refractivity contribution in [2.24, 2.45) is 5.92 Å². The van der Waals surface area contributed by atoms with Gasteiger partial charge in [-0.25, -0.2) is 14.2 Å². The van der Waals surface area contributed by atoms with E-state index in [9.17, 15) is 18.8 Å². The number of aromatic nitrogens is 3. The van der Waals surface area contributed by atoms with Gasteiger partial charge in [0.2, 0.25) is 5.91 Å². The Labute approximate surface area is 188 Å². The number of thiazole rings is 1. The summed E-state index contributed by atoms with van der Waals surface area (Å²) in [5.41, 5.74) is -0.733. The van der Waals surface area contributed by atoms with Crippen LogP contribution in [0.25, 0.3) is 10.3 Å². The quantitative estimate of drug-likeness (QED) is 0.612. The van der Waals surface area contributed by atoms with Crippen molar-refractivity contribution >= 4 is 38.4 Å². The molecule has 0 unspecified atom stereocenters. The number of para-hydroxylation sites is 1. The number of hydrogen-bond donors (Lipinski definition) is 1. The minimum absolute atomic E-state index is 0.0325. The zero-order chi connectivity index (χ0) is 22.8. The maximum atomic E-state index is 13.9. The zero-order valence-electron chi connectivity index (χ0n) is 18.1. The number of halogens is 1. The number of carbonyl (C=O) groups excluding carboxylic acids is 1. The van der Waals surface area contributed by atoms with Gasteiger partial charge in [0.1, 0.15) is 17.1 Å². The summed E-state index contributed by atoms with van der Waals surface area (Å²) in [4.78, 5) is 45.5. The second-order valence-electron chi connectivity index (χ2n) is 8.17. The number of anilines is 2. The van der Waals surface area contributed by atoms with E-state index >= 15 is 0 Å². The molecule has 3 aromatic rings. The summed E-state index contributed by atoms with van der Waals surface area (Å²) in [5.74, 6) is -0.492. The van der Waals surface area contributed by atoms with Crippen molar-refractivity contribution in [3.05, 3.63) is 50.9 Å². The number of nitrogens with one attached hydrogen (secondary N) is 1. The molecular formula is C22H26FN5O3S. The molecule has 0 radical (unpaired) electrons. The van der Waals surface area contributed by atoms with Crippen LogP contribution in [0, 0.1) is 11.7 Å². The Hall–Kier alpha value is -3.01. The molecule has 0 aliphatic carbocycles. The molecule has 0 bridgehead atoms. The number of hydrogen-bond acceptors (Lipinski definition) is 6. The lowest BCUT2D eigenvalue weighted by Gasteiger charge is -2.29. The first-order valence-electron chi connectivity index (χ1n) is 10.8. The molecule has 32 heavy (non-hydrogen) atoms. The molecule has 2 aromatic heterocycles. The van der Waals surface area contributed by atoms with E-state index in [0.29, 0.717) is 22.2 Å². The van der Waals surface area contributed by atoms with Gasteiger partial charge in [-0.05, 0) is 37.3 Å². The number of rotatable bonds is 6. The third kappa shape index (κ3) is 4.32. The Morgan fingerprint density at radius 1 is 1.22 bits per heavy atom. The first-order valence-corrected chi connectivity index (χ1v) is 11.6. The number of nitrogens with zero attached hydrogens (tertiary/aromatic N) is 4. The SMILES string of the molecule is CCCn1c(=O)c2sc(N3CCC(C)CC3)nc2n(CC(=O)Nc2ccccc2F)c1=O. The standard InChI is InChI=1S/C22H26FN5O3S/c1-3-10-27-20(30)18-19(25-21(32-18)26-11-8-14(2)9-12-26)28(22(27)31)13-17(29)24-16-7-5-4-6-15(16)23/h4-7,14H,3,8-13H2,1-2H3,(H,24,29).